The van der Waals surface area contributed by atoms with Crippen LogP contribution in [-0.4, -0.2) is 44.1 Å². The fraction of sp³-hybridized carbons (Fsp3) is 0.344. The molecular weight excluding hydrogens is 576 g/mol. The zero-order chi connectivity index (χ0) is 30.4. The smallest absolute Gasteiger partial charge is 0.338 e. The maximum atomic E-state index is 14.0. The first kappa shape index (κ1) is 31.1. The summed E-state index contributed by atoms with van der Waals surface area (Å²) in [5.74, 6) is 2.96. The van der Waals surface area contributed by atoms with Crippen LogP contribution < -0.4 is 24.4 Å². The second kappa shape index (κ2) is 13.9. The largest absolute Gasteiger partial charge is 0.490 e. The minimum absolute atomic E-state index is 0.0332. The van der Waals surface area contributed by atoms with Crippen molar-refractivity contribution in [3.8, 4) is 23.8 Å². The molecule has 1 aliphatic heterocycles. The van der Waals surface area contributed by atoms with Gasteiger partial charge in [-0.1, -0.05) is 67.0 Å². The molecule has 1 unspecified atom stereocenters. The lowest BCUT2D eigenvalue weighted by molar-refractivity contribution is -0.140. The first-order chi connectivity index (χ1) is 20.2. The van der Waals surface area contributed by atoms with Gasteiger partial charge in [0.15, 0.2) is 16.3 Å². The molecule has 0 N–H and O–H groups in total. The van der Waals surface area contributed by atoms with Gasteiger partial charge in [0, 0.05) is 7.11 Å². The number of fused-ring (bicyclic) bond motifs is 1. The summed E-state index contributed by atoms with van der Waals surface area (Å²) in [6.07, 6.45) is 7.06. The molecule has 0 radical (unpaired) electrons. The summed E-state index contributed by atoms with van der Waals surface area (Å²) >= 11 is 7.74. The van der Waals surface area contributed by atoms with Gasteiger partial charge in [-0.3, -0.25) is 9.36 Å². The lowest BCUT2D eigenvalue weighted by Crippen LogP contribution is -2.40. The van der Waals surface area contributed by atoms with E-state index >= 15 is 0 Å². The van der Waals surface area contributed by atoms with Crippen LogP contribution in [-0.2, 0) is 14.3 Å². The average molecular weight is 609 g/mol. The summed E-state index contributed by atoms with van der Waals surface area (Å²) in [6, 6.07) is 10.6. The van der Waals surface area contributed by atoms with Crippen molar-refractivity contribution in [2.45, 2.75) is 39.7 Å². The quantitative estimate of drug-likeness (QED) is 0.179. The molecule has 0 saturated heterocycles. The second-order valence-corrected chi connectivity index (χ2v) is 11.2. The molecule has 8 nitrogen and oxygen atoms in total. The minimum Gasteiger partial charge on any atom is -0.490 e. The highest BCUT2D eigenvalue weighted by Gasteiger charge is 2.33. The van der Waals surface area contributed by atoms with E-state index in [4.69, 9.17) is 37.0 Å². The molecule has 220 valence electrons. The normalized spacial score (nSPS) is 14.8. The topological polar surface area (TPSA) is 88.4 Å². The van der Waals surface area contributed by atoms with Gasteiger partial charge in [0.2, 0.25) is 0 Å². The summed E-state index contributed by atoms with van der Waals surface area (Å²) in [4.78, 5) is 32.5. The first-order valence-corrected chi connectivity index (χ1v) is 14.7. The van der Waals surface area contributed by atoms with Crippen molar-refractivity contribution in [3.63, 3.8) is 0 Å². The zero-order valence-electron chi connectivity index (χ0n) is 24.2. The molecule has 1 aliphatic rings. The number of halogens is 1. The number of thiazole rings is 1. The third-order valence-corrected chi connectivity index (χ3v) is 7.87. The van der Waals surface area contributed by atoms with Crippen LogP contribution in [0.3, 0.4) is 0 Å². The number of allylic oxidation sites excluding steroid dienone is 1. The Kier molecular flexibility index (Phi) is 10.3. The average Bonchev–Trinajstić information content (AvgIpc) is 3.26. The van der Waals surface area contributed by atoms with Crippen molar-refractivity contribution in [3.05, 3.63) is 89.1 Å². The van der Waals surface area contributed by atoms with E-state index in [0.29, 0.717) is 55.2 Å². The Morgan fingerprint density at radius 3 is 2.60 bits per heavy atom. The van der Waals surface area contributed by atoms with Crippen LogP contribution >= 0.6 is 22.9 Å². The molecule has 0 bridgehead atoms. The van der Waals surface area contributed by atoms with Gasteiger partial charge in [-0.2, -0.15) is 0 Å². The van der Waals surface area contributed by atoms with E-state index in [1.54, 1.807) is 29.7 Å². The number of benzene rings is 2. The van der Waals surface area contributed by atoms with Crippen molar-refractivity contribution in [2.24, 2.45) is 4.99 Å². The van der Waals surface area contributed by atoms with Gasteiger partial charge in [-0.05, 0) is 54.7 Å². The number of rotatable bonds is 11. The van der Waals surface area contributed by atoms with Crippen molar-refractivity contribution in [1.82, 2.24) is 4.57 Å². The number of carbonyl (C=O) groups excluding carboxylic acids is 1. The lowest BCUT2D eigenvalue weighted by Gasteiger charge is -2.25. The van der Waals surface area contributed by atoms with Gasteiger partial charge in [-0.15, -0.1) is 6.42 Å². The molecule has 0 fully saturated rings. The number of terminal acetylenes is 1. The highest BCUT2D eigenvalue weighted by Crippen LogP contribution is 2.37. The van der Waals surface area contributed by atoms with Gasteiger partial charge in [0.1, 0.15) is 13.2 Å². The van der Waals surface area contributed by atoms with Gasteiger partial charge in [0.05, 0.1) is 40.1 Å². The van der Waals surface area contributed by atoms with E-state index in [1.807, 2.05) is 31.2 Å². The number of carbonyl (C=O) groups is 1. The molecule has 1 aromatic heterocycles. The van der Waals surface area contributed by atoms with Gasteiger partial charge in [-0.25, -0.2) is 9.79 Å². The Hall–Kier alpha value is -3.84. The Labute approximate surface area is 253 Å². The Morgan fingerprint density at radius 2 is 1.95 bits per heavy atom. The van der Waals surface area contributed by atoms with E-state index in [0.717, 1.165) is 11.1 Å². The summed E-state index contributed by atoms with van der Waals surface area (Å²) in [7, 11) is 1.53. The van der Waals surface area contributed by atoms with E-state index in [2.05, 4.69) is 24.8 Å². The Balaban J connectivity index is 1.87. The highest BCUT2D eigenvalue weighted by atomic mass is 35.5. The molecule has 4 rings (SSSR count). The monoisotopic (exact) mass is 608 g/mol. The van der Waals surface area contributed by atoms with Crippen LogP contribution in [0.4, 0.5) is 0 Å². The van der Waals surface area contributed by atoms with Crippen LogP contribution in [0.2, 0.25) is 5.02 Å². The van der Waals surface area contributed by atoms with E-state index < -0.39 is 12.0 Å². The highest BCUT2D eigenvalue weighted by molar-refractivity contribution is 7.07. The van der Waals surface area contributed by atoms with Crippen LogP contribution in [0.1, 0.15) is 56.3 Å². The molecular formula is C32H33ClN2O6S. The van der Waals surface area contributed by atoms with Gasteiger partial charge in [0.25, 0.3) is 5.56 Å². The van der Waals surface area contributed by atoms with Crippen molar-refractivity contribution >= 4 is 35.0 Å². The van der Waals surface area contributed by atoms with E-state index in [9.17, 15) is 9.59 Å². The number of aromatic nitrogens is 1. The molecule has 0 aliphatic carbocycles. The van der Waals surface area contributed by atoms with Crippen LogP contribution in [0.25, 0.3) is 6.08 Å². The molecule has 0 saturated carbocycles. The molecule has 10 heteroatoms. The molecule has 2 heterocycles. The van der Waals surface area contributed by atoms with Crippen LogP contribution in [0.15, 0.2) is 57.5 Å². The number of hydrogen-bond acceptors (Lipinski definition) is 8. The van der Waals surface area contributed by atoms with Gasteiger partial charge >= 0.3 is 5.97 Å². The summed E-state index contributed by atoms with van der Waals surface area (Å²) < 4.78 is 23.8. The number of methoxy groups -OCH3 is 1. The van der Waals surface area contributed by atoms with Crippen LogP contribution in [0, 0.1) is 12.3 Å². The molecule has 42 heavy (non-hydrogen) atoms. The van der Waals surface area contributed by atoms with Crippen molar-refractivity contribution < 1.29 is 23.7 Å². The number of ether oxygens (including phenoxy) is 4. The van der Waals surface area contributed by atoms with E-state index in [-0.39, 0.29) is 25.4 Å². The fourth-order valence-corrected chi connectivity index (χ4v) is 5.92. The number of nitrogens with zero attached hydrogens (tertiary/aromatic N) is 2. The Bertz CT molecular complexity index is 1710. The fourth-order valence-electron chi connectivity index (χ4n) is 4.60. The molecule has 0 spiro atoms. The van der Waals surface area contributed by atoms with Crippen molar-refractivity contribution in [1.29, 1.82) is 0 Å². The standard InChI is InChI=1S/C32H33ClN2O6S/c1-7-13-40-29-24(33)16-21(17-25(29)39-8-2)18-26-30(36)35-28(23-11-9-22(10-12-23)19(3)4)27(20(5)34-32(35)42-26)31(37)41-15-14-38-6/h1,9-12,16-19,28H,8,13-15H2,2-6H3. The molecule has 2 aromatic carbocycles. The summed E-state index contributed by atoms with van der Waals surface area (Å²) in [6.45, 7) is 8.57. The molecule has 3 aromatic rings. The number of esters is 1. The third kappa shape index (κ3) is 6.62. The summed E-state index contributed by atoms with van der Waals surface area (Å²) in [5, 5.41) is 0.301. The summed E-state index contributed by atoms with van der Waals surface area (Å²) in [5.41, 5.74) is 3.05. The van der Waals surface area contributed by atoms with Crippen LogP contribution in [0.5, 0.6) is 11.5 Å². The lowest BCUT2D eigenvalue weighted by atomic mass is 9.93. The maximum Gasteiger partial charge on any atom is 0.338 e. The third-order valence-electron chi connectivity index (χ3n) is 6.61. The number of hydrogen-bond donors (Lipinski definition) is 0. The minimum atomic E-state index is -0.721. The SMILES string of the molecule is C#CCOc1c(Cl)cc(C=c2sc3n(c2=O)C(c2ccc(C(C)C)cc2)C(C(=O)OCCOC)=C(C)N=3)cc1OCC. The van der Waals surface area contributed by atoms with Gasteiger partial charge < -0.3 is 18.9 Å². The zero-order valence-corrected chi connectivity index (χ0v) is 25.8. The maximum absolute atomic E-state index is 14.0. The predicted molar refractivity (Wildman–Crippen MR) is 164 cm³/mol. The Morgan fingerprint density at radius 1 is 1.21 bits per heavy atom. The molecule has 0 amide bonds. The second-order valence-electron chi connectivity index (χ2n) is 9.79. The first-order valence-electron chi connectivity index (χ1n) is 13.5. The van der Waals surface area contributed by atoms with E-state index in [1.165, 1.54) is 18.4 Å². The predicted octanol–water partition coefficient (Wildman–Crippen LogP) is 4.61. The van der Waals surface area contributed by atoms with Crippen molar-refractivity contribution in [2.75, 3.05) is 33.5 Å². The molecule has 1 atom stereocenters.